The number of sulfonamides is 1. The van der Waals surface area contributed by atoms with Crippen molar-refractivity contribution in [2.24, 2.45) is 5.92 Å². The first kappa shape index (κ1) is 18.9. The Kier molecular flexibility index (Phi) is 6.17. The highest BCUT2D eigenvalue weighted by atomic mass is 79.9. The van der Waals surface area contributed by atoms with Gasteiger partial charge in [0.2, 0.25) is 15.9 Å². The zero-order valence-corrected chi connectivity index (χ0v) is 16.8. The fourth-order valence-corrected chi connectivity index (χ4v) is 5.76. The van der Waals surface area contributed by atoms with Crippen LogP contribution in [0.25, 0.3) is 0 Å². The second kappa shape index (κ2) is 8.18. The maximum absolute atomic E-state index is 12.7. The molecular weight excluding hydrogens is 404 g/mol. The number of nitrogens with zero attached hydrogens (tertiary/aromatic N) is 2. The van der Waals surface area contributed by atoms with Crippen molar-refractivity contribution in [1.29, 1.82) is 0 Å². The molecule has 2 aliphatic rings. The van der Waals surface area contributed by atoms with Crippen molar-refractivity contribution in [3.8, 4) is 0 Å². The zero-order valence-electron chi connectivity index (χ0n) is 14.4. The second-order valence-corrected chi connectivity index (χ2v) is 9.79. The highest BCUT2D eigenvalue weighted by molar-refractivity contribution is 9.10. The Morgan fingerprint density at radius 1 is 1.12 bits per heavy atom. The monoisotopic (exact) mass is 428 g/mol. The Morgan fingerprint density at radius 3 is 2.44 bits per heavy atom. The van der Waals surface area contributed by atoms with Crippen LogP contribution in [-0.4, -0.2) is 49.7 Å². The summed E-state index contributed by atoms with van der Waals surface area (Å²) in [7, 11) is -3.49. The smallest absolute Gasteiger partial charge is 0.243 e. The first-order valence-electron chi connectivity index (χ1n) is 9.00. The third-order valence-corrected chi connectivity index (χ3v) is 7.65. The van der Waals surface area contributed by atoms with E-state index in [1.54, 1.807) is 24.3 Å². The van der Waals surface area contributed by atoms with Crippen molar-refractivity contribution >= 4 is 31.9 Å². The number of carbonyl (C=O) groups is 1. The molecule has 138 valence electrons. The van der Waals surface area contributed by atoms with E-state index in [0.29, 0.717) is 43.4 Å². The van der Waals surface area contributed by atoms with Crippen molar-refractivity contribution in [1.82, 2.24) is 9.21 Å². The van der Waals surface area contributed by atoms with Gasteiger partial charge in [0.1, 0.15) is 0 Å². The second-order valence-electron chi connectivity index (χ2n) is 6.93. The quantitative estimate of drug-likeness (QED) is 0.722. The molecule has 0 N–H and O–H groups in total. The molecule has 3 rings (SSSR count). The van der Waals surface area contributed by atoms with Gasteiger partial charge in [0.05, 0.1) is 4.90 Å². The summed E-state index contributed by atoms with van der Waals surface area (Å²) >= 11 is 3.32. The van der Waals surface area contributed by atoms with Gasteiger partial charge in [0.15, 0.2) is 0 Å². The van der Waals surface area contributed by atoms with Gasteiger partial charge in [-0.1, -0.05) is 47.7 Å². The van der Waals surface area contributed by atoms with Crippen LogP contribution >= 0.6 is 15.9 Å². The van der Waals surface area contributed by atoms with E-state index < -0.39 is 10.0 Å². The molecule has 0 aromatic heterocycles. The minimum absolute atomic E-state index is 0.173. The lowest BCUT2D eigenvalue weighted by Crippen LogP contribution is -2.50. The predicted molar refractivity (Wildman–Crippen MR) is 101 cm³/mol. The molecule has 1 aromatic carbocycles. The van der Waals surface area contributed by atoms with Crippen LogP contribution in [0.3, 0.4) is 0 Å². The number of carbonyl (C=O) groups excluding carboxylic acids is 1. The lowest BCUT2D eigenvalue weighted by molar-refractivity contribution is -0.132. The van der Waals surface area contributed by atoms with E-state index in [0.717, 1.165) is 10.9 Å². The Balaban J connectivity index is 1.53. The van der Waals surface area contributed by atoms with E-state index in [1.807, 2.05) is 4.90 Å². The van der Waals surface area contributed by atoms with E-state index in [9.17, 15) is 13.2 Å². The predicted octanol–water partition coefficient (Wildman–Crippen LogP) is 3.25. The first-order chi connectivity index (χ1) is 12.0. The number of halogens is 1. The van der Waals surface area contributed by atoms with Crippen LogP contribution in [0, 0.1) is 5.92 Å². The van der Waals surface area contributed by atoms with Crippen LogP contribution in [-0.2, 0) is 14.8 Å². The zero-order chi connectivity index (χ0) is 17.9. The molecule has 1 saturated heterocycles. The average molecular weight is 429 g/mol. The van der Waals surface area contributed by atoms with E-state index >= 15 is 0 Å². The van der Waals surface area contributed by atoms with Gasteiger partial charge in [-0.3, -0.25) is 4.79 Å². The molecular formula is C18H25BrN2O3S. The molecule has 1 heterocycles. The van der Waals surface area contributed by atoms with Gasteiger partial charge in [-0.15, -0.1) is 0 Å². The molecule has 1 saturated carbocycles. The van der Waals surface area contributed by atoms with Gasteiger partial charge < -0.3 is 4.90 Å². The summed E-state index contributed by atoms with van der Waals surface area (Å²) in [6, 6.07) is 6.76. The highest BCUT2D eigenvalue weighted by Gasteiger charge is 2.30. The minimum atomic E-state index is -3.49. The van der Waals surface area contributed by atoms with E-state index in [4.69, 9.17) is 0 Å². The lowest BCUT2D eigenvalue weighted by atomic mass is 10.0. The molecule has 25 heavy (non-hydrogen) atoms. The Hall–Kier alpha value is -0.920. The van der Waals surface area contributed by atoms with E-state index in [-0.39, 0.29) is 5.91 Å². The number of benzene rings is 1. The number of rotatable bonds is 5. The van der Waals surface area contributed by atoms with Gasteiger partial charge in [-0.05, 0) is 30.5 Å². The topological polar surface area (TPSA) is 57.7 Å². The number of hydrogen-bond donors (Lipinski definition) is 0. The maximum atomic E-state index is 12.7. The van der Waals surface area contributed by atoms with Crippen molar-refractivity contribution in [2.45, 2.75) is 43.4 Å². The summed E-state index contributed by atoms with van der Waals surface area (Å²) in [4.78, 5) is 14.5. The van der Waals surface area contributed by atoms with E-state index in [1.165, 1.54) is 30.0 Å². The largest absolute Gasteiger partial charge is 0.340 e. The fourth-order valence-electron chi connectivity index (χ4n) is 3.74. The van der Waals surface area contributed by atoms with Crippen LogP contribution < -0.4 is 0 Å². The molecule has 2 fully saturated rings. The highest BCUT2D eigenvalue weighted by Crippen LogP contribution is 2.29. The molecule has 1 aromatic rings. The molecule has 7 heteroatoms. The third-order valence-electron chi connectivity index (χ3n) is 5.27. The van der Waals surface area contributed by atoms with Crippen molar-refractivity contribution < 1.29 is 13.2 Å². The molecule has 5 nitrogen and oxygen atoms in total. The Bertz CT molecular complexity index is 709. The first-order valence-corrected chi connectivity index (χ1v) is 11.2. The molecule has 1 amide bonds. The number of piperazine rings is 1. The van der Waals surface area contributed by atoms with Crippen LogP contribution in [0.1, 0.15) is 38.5 Å². The van der Waals surface area contributed by atoms with Crippen molar-refractivity contribution in [3.05, 3.63) is 28.7 Å². The Labute approximate surface area is 158 Å². The van der Waals surface area contributed by atoms with Crippen LogP contribution in [0.5, 0.6) is 0 Å². The molecule has 1 aliphatic heterocycles. The summed E-state index contributed by atoms with van der Waals surface area (Å²) in [5.41, 5.74) is 0. The molecule has 0 bridgehead atoms. The molecule has 0 atom stereocenters. The molecule has 0 unspecified atom stereocenters. The summed E-state index contributed by atoms with van der Waals surface area (Å²) in [6.45, 7) is 1.70. The Morgan fingerprint density at radius 2 is 1.80 bits per heavy atom. The number of hydrogen-bond acceptors (Lipinski definition) is 3. The SMILES string of the molecule is O=C(CCC1CCCC1)N1CCN(S(=O)(=O)c2cccc(Br)c2)CC1. The van der Waals surface area contributed by atoms with Crippen molar-refractivity contribution in [3.63, 3.8) is 0 Å². The summed E-state index contributed by atoms with van der Waals surface area (Å²) in [5, 5.41) is 0. The van der Waals surface area contributed by atoms with Crippen molar-refractivity contribution in [2.75, 3.05) is 26.2 Å². The summed E-state index contributed by atoms with van der Waals surface area (Å²) < 4.78 is 27.7. The number of amides is 1. The lowest BCUT2D eigenvalue weighted by Gasteiger charge is -2.34. The van der Waals surface area contributed by atoms with Gasteiger partial charge in [0.25, 0.3) is 0 Å². The normalized spacial score (nSPS) is 20.1. The van der Waals surface area contributed by atoms with Gasteiger partial charge in [0, 0.05) is 37.1 Å². The van der Waals surface area contributed by atoms with Crippen LogP contribution in [0.15, 0.2) is 33.6 Å². The molecule has 0 spiro atoms. The minimum Gasteiger partial charge on any atom is -0.340 e. The average Bonchev–Trinajstić information content (AvgIpc) is 3.13. The molecule has 1 aliphatic carbocycles. The van der Waals surface area contributed by atoms with Gasteiger partial charge in [-0.2, -0.15) is 4.31 Å². The maximum Gasteiger partial charge on any atom is 0.243 e. The standard InChI is InChI=1S/C18H25BrN2O3S/c19-16-6-3-7-17(14-16)25(23,24)21-12-10-20(11-13-21)18(22)9-8-15-4-1-2-5-15/h3,6-7,14-15H,1-2,4-5,8-13H2. The summed E-state index contributed by atoms with van der Waals surface area (Å²) in [6.07, 6.45) is 6.69. The molecule has 0 radical (unpaired) electrons. The van der Waals surface area contributed by atoms with Crippen LogP contribution in [0.4, 0.5) is 0 Å². The van der Waals surface area contributed by atoms with Gasteiger partial charge in [-0.25, -0.2) is 8.42 Å². The summed E-state index contributed by atoms with van der Waals surface area (Å²) in [5.74, 6) is 0.883. The third kappa shape index (κ3) is 4.63. The fraction of sp³-hybridized carbons (Fsp3) is 0.611. The van der Waals surface area contributed by atoms with Gasteiger partial charge >= 0.3 is 0 Å². The van der Waals surface area contributed by atoms with E-state index in [2.05, 4.69) is 15.9 Å². The van der Waals surface area contributed by atoms with Crippen LogP contribution in [0.2, 0.25) is 0 Å².